The minimum atomic E-state index is -1.04. The Bertz CT molecular complexity index is 344. The molecule has 1 atom stereocenters. The molecule has 0 radical (unpaired) electrons. The summed E-state index contributed by atoms with van der Waals surface area (Å²) in [6.07, 6.45) is 0.588. The van der Waals surface area contributed by atoms with Gasteiger partial charge in [-0.25, -0.2) is 4.79 Å². The molecule has 1 N–H and O–H groups in total. The SMILES string of the molecule is CC1Cc2c(C(=O)O)noc2CO1. The maximum atomic E-state index is 10.7. The number of hydrogen-bond donors (Lipinski definition) is 1. The molecule has 1 aromatic rings. The number of carboxylic acid groups (broad SMARTS) is 1. The van der Waals surface area contributed by atoms with Crippen LogP contribution >= 0.6 is 0 Å². The molecule has 0 fully saturated rings. The minimum absolute atomic E-state index is 0.0187. The van der Waals surface area contributed by atoms with Gasteiger partial charge in [-0.15, -0.1) is 0 Å². The van der Waals surface area contributed by atoms with Crippen molar-refractivity contribution in [3.8, 4) is 0 Å². The number of carbonyl (C=O) groups is 1. The second-order valence-electron chi connectivity index (χ2n) is 3.06. The molecule has 1 aromatic heterocycles. The van der Waals surface area contributed by atoms with E-state index in [0.717, 1.165) is 0 Å². The zero-order chi connectivity index (χ0) is 9.42. The van der Waals surface area contributed by atoms with E-state index < -0.39 is 5.97 Å². The van der Waals surface area contributed by atoms with Gasteiger partial charge in [0.15, 0.2) is 11.5 Å². The number of nitrogens with zero attached hydrogens (tertiary/aromatic N) is 1. The van der Waals surface area contributed by atoms with Crippen LogP contribution in [-0.2, 0) is 17.8 Å². The lowest BCUT2D eigenvalue weighted by atomic mass is 10.0. The molecule has 5 heteroatoms. The average Bonchev–Trinajstić information content (AvgIpc) is 2.46. The molecule has 1 aliphatic rings. The highest BCUT2D eigenvalue weighted by molar-refractivity contribution is 5.87. The van der Waals surface area contributed by atoms with Crippen LogP contribution in [0.25, 0.3) is 0 Å². The fourth-order valence-corrected chi connectivity index (χ4v) is 1.40. The first-order valence-electron chi connectivity index (χ1n) is 4.01. The summed E-state index contributed by atoms with van der Waals surface area (Å²) in [4.78, 5) is 10.7. The Balaban J connectivity index is 2.41. The van der Waals surface area contributed by atoms with Crippen molar-refractivity contribution >= 4 is 5.97 Å². The van der Waals surface area contributed by atoms with Crippen molar-refractivity contribution in [3.63, 3.8) is 0 Å². The molecule has 1 aliphatic heterocycles. The van der Waals surface area contributed by atoms with Crippen molar-refractivity contribution in [1.29, 1.82) is 0 Å². The number of aromatic carboxylic acids is 1. The van der Waals surface area contributed by atoms with E-state index in [1.165, 1.54) is 0 Å². The van der Waals surface area contributed by atoms with Gasteiger partial charge in [-0.2, -0.15) is 0 Å². The summed E-state index contributed by atoms with van der Waals surface area (Å²) in [6, 6.07) is 0. The second kappa shape index (κ2) is 2.85. The highest BCUT2D eigenvalue weighted by atomic mass is 16.5. The van der Waals surface area contributed by atoms with Crippen LogP contribution in [-0.4, -0.2) is 22.3 Å². The maximum Gasteiger partial charge on any atom is 0.358 e. The van der Waals surface area contributed by atoms with E-state index >= 15 is 0 Å². The molecule has 0 bridgehead atoms. The van der Waals surface area contributed by atoms with Crippen LogP contribution in [0.3, 0.4) is 0 Å². The first kappa shape index (κ1) is 8.25. The van der Waals surface area contributed by atoms with Crippen molar-refractivity contribution < 1.29 is 19.2 Å². The average molecular weight is 183 g/mol. The number of ether oxygens (including phenoxy) is 1. The zero-order valence-corrected chi connectivity index (χ0v) is 7.11. The molecule has 1 unspecified atom stereocenters. The lowest BCUT2D eigenvalue weighted by molar-refractivity contribution is 0.0264. The first-order valence-corrected chi connectivity index (χ1v) is 4.01. The molecule has 2 heterocycles. The third kappa shape index (κ3) is 1.31. The van der Waals surface area contributed by atoms with Crippen molar-refractivity contribution in [2.24, 2.45) is 0 Å². The van der Waals surface area contributed by atoms with E-state index in [2.05, 4.69) is 5.16 Å². The van der Waals surface area contributed by atoms with Gasteiger partial charge in [0.1, 0.15) is 6.61 Å². The Morgan fingerprint density at radius 3 is 3.15 bits per heavy atom. The first-order chi connectivity index (χ1) is 6.18. The van der Waals surface area contributed by atoms with E-state index in [0.29, 0.717) is 24.4 Å². The number of fused-ring (bicyclic) bond motifs is 1. The van der Waals surface area contributed by atoms with Crippen LogP contribution in [0.2, 0.25) is 0 Å². The lowest BCUT2D eigenvalue weighted by Gasteiger charge is -2.17. The van der Waals surface area contributed by atoms with Crippen LogP contribution in [0.5, 0.6) is 0 Å². The van der Waals surface area contributed by atoms with Crippen molar-refractivity contribution in [3.05, 3.63) is 17.0 Å². The summed E-state index contributed by atoms with van der Waals surface area (Å²) in [5.41, 5.74) is 0.691. The number of aromatic nitrogens is 1. The summed E-state index contributed by atoms with van der Waals surface area (Å²) in [6.45, 7) is 2.21. The predicted octanol–water partition coefficient (Wildman–Crippen LogP) is 0.834. The Labute approximate surface area is 74.3 Å². The van der Waals surface area contributed by atoms with Gasteiger partial charge in [0.25, 0.3) is 0 Å². The van der Waals surface area contributed by atoms with Crippen LogP contribution in [0, 0.1) is 0 Å². The van der Waals surface area contributed by atoms with Crippen molar-refractivity contribution in [2.75, 3.05) is 0 Å². The molecule has 0 amide bonds. The predicted molar refractivity (Wildman–Crippen MR) is 41.4 cm³/mol. The highest BCUT2D eigenvalue weighted by Gasteiger charge is 2.26. The van der Waals surface area contributed by atoms with E-state index in [9.17, 15) is 4.79 Å². The molecule has 0 saturated carbocycles. The van der Waals surface area contributed by atoms with Gasteiger partial charge >= 0.3 is 5.97 Å². The van der Waals surface area contributed by atoms with Gasteiger partial charge in [-0.1, -0.05) is 5.16 Å². The summed E-state index contributed by atoms with van der Waals surface area (Å²) in [5.74, 6) is -0.505. The maximum absolute atomic E-state index is 10.7. The van der Waals surface area contributed by atoms with Gasteiger partial charge in [-0.05, 0) is 6.92 Å². The number of hydrogen-bond acceptors (Lipinski definition) is 4. The fraction of sp³-hybridized carbons (Fsp3) is 0.500. The van der Waals surface area contributed by atoms with Crippen LogP contribution in [0.4, 0.5) is 0 Å². The largest absolute Gasteiger partial charge is 0.476 e. The van der Waals surface area contributed by atoms with E-state index in [4.69, 9.17) is 14.4 Å². The third-order valence-electron chi connectivity index (χ3n) is 2.06. The summed E-state index contributed by atoms with van der Waals surface area (Å²) < 4.78 is 10.1. The second-order valence-corrected chi connectivity index (χ2v) is 3.06. The topological polar surface area (TPSA) is 72.6 Å². The lowest BCUT2D eigenvalue weighted by Crippen LogP contribution is -2.19. The fourth-order valence-electron chi connectivity index (χ4n) is 1.40. The van der Waals surface area contributed by atoms with Gasteiger partial charge in [0.05, 0.1) is 6.10 Å². The number of carboxylic acids is 1. The monoisotopic (exact) mass is 183 g/mol. The highest BCUT2D eigenvalue weighted by Crippen LogP contribution is 2.23. The van der Waals surface area contributed by atoms with Crippen LogP contribution in [0.1, 0.15) is 28.7 Å². The zero-order valence-electron chi connectivity index (χ0n) is 7.11. The molecule has 0 aromatic carbocycles. The molecule has 13 heavy (non-hydrogen) atoms. The van der Waals surface area contributed by atoms with Crippen molar-refractivity contribution in [1.82, 2.24) is 5.16 Å². The van der Waals surface area contributed by atoms with Gasteiger partial charge in [0.2, 0.25) is 0 Å². The normalized spacial score (nSPS) is 21.2. The quantitative estimate of drug-likeness (QED) is 0.698. The summed E-state index contributed by atoms with van der Waals surface area (Å²) in [7, 11) is 0. The Morgan fingerprint density at radius 1 is 1.69 bits per heavy atom. The Kier molecular flexibility index (Phi) is 1.81. The van der Waals surface area contributed by atoms with Crippen LogP contribution in [0.15, 0.2) is 4.52 Å². The van der Waals surface area contributed by atoms with Gasteiger partial charge in [0, 0.05) is 12.0 Å². The molecule has 5 nitrogen and oxygen atoms in total. The third-order valence-corrected chi connectivity index (χ3v) is 2.06. The molecule has 0 aliphatic carbocycles. The molecule has 0 spiro atoms. The number of rotatable bonds is 1. The van der Waals surface area contributed by atoms with Crippen molar-refractivity contribution in [2.45, 2.75) is 26.1 Å². The molecular weight excluding hydrogens is 174 g/mol. The van der Waals surface area contributed by atoms with E-state index in [1.807, 2.05) is 6.92 Å². The standard InChI is InChI=1S/C8H9NO4/c1-4-2-5-6(3-12-4)13-9-7(5)8(10)11/h4H,2-3H2,1H3,(H,10,11). The Hall–Kier alpha value is -1.36. The molecule has 0 saturated heterocycles. The van der Waals surface area contributed by atoms with Gasteiger partial charge < -0.3 is 14.4 Å². The Morgan fingerprint density at radius 2 is 2.46 bits per heavy atom. The summed E-state index contributed by atoms with van der Waals surface area (Å²) >= 11 is 0. The van der Waals surface area contributed by atoms with Gasteiger partial charge in [-0.3, -0.25) is 0 Å². The van der Waals surface area contributed by atoms with Crippen LogP contribution < -0.4 is 0 Å². The van der Waals surface area contributed by atoms with E-state index in [-0.39, 0.29) is 11.8 Å². The molecule has 70 valence electrons. The smallest absolute Gasteiger partial charge is 0.358 e. The molecule has 2 rings (SSSR count). The summed E-state index contributed by atoms with van der Waals surface area (Å²) in [5, 5.41) is 12.2. The van der Waals surface area contributed by atoms with E-state index in [1.54, 1.807) is 0 Å². The minimum Gasteiger partial charge on any atom is -0.476 e. The molecular formula is C8H9NO4.